The molecule has 0 saturated heterocycles. The largest absolute Gasteiger partial charge is 0.303 e. The molecule has 0 bridgehead atoms. The van der Waals surface area contributed by atoms with Gasteiger partial charge in [0, 0.05) is 16.2 Å². The zero-order chi connectivity index (χ0) is 24.6. The van der Waals surface area contributed by atoms with Crippen LogP contribution in [0.5, 0.6) is 0 Å². The van der Waals surface area contributed by atoms with E-state index in [0.717, 1.165) is 22.3 Å². The van der Waals surface area contributed by atoms with E-state index in [-0.39, 0.29) is 0 Å². The van der Waals surface area contributed by atoms with Crippen LogP contribution in [-0.4, -0.2) is 45.2 Å². The maximum Gasteiger partial charge on any atom is 0.180 e. The highest BCUT2D eigenvalue weighted by atomic mass is 15.5. The summed E-state index contributed by atoms with van der Waals surface area (Å²) in [4.78, 5) is 5.45. The lowest BCUT2D eigenvalue weighted by Crippen LogP contribution is -2.27. The lowest BCUT2D eigenvalue weighted by atomic mass is 9.95. The van der Waals surface area contributed by atoms with E-state index in [1.165, 1.54) is 58.2 Å². The summed E-state index contributed by atoms with van der Waals surface area (Å²) in [6.45, 7) is 12.8. The zero-order valence-corrected chi connectivity index (χ0v) is 21.0. The van der Waals surface area contributed by atoms with Gasteiger partial charge in [0.1, 0.15) is 0 Å². The van der Waals surface area contributed by atoms with Crippen molar-refractivity contribution in [2.24, 2.45) is 5.11 Å². The van der Waals surface area contributed by atoms with E-state index in [2.05, 4.69) is 56.3 Å². The normalized spacial score (nSPS) is 10.5. The van der Waals surface area contributed by atoms with Crippen LogP contribution in [-0.2, 0) is 0 Å². The standard InChI is InChI=1S/C14H11N7.C12H27N/c1-9-4-2-3-5-11(9)12-7-6-10(16-19-15)8-13(12)14-17-20-21-18-14;1-4-7-10-13(11-8-5-2)12-9-6-3/h2-8H,1H3,(H,17,18,20,21);4-12H2,1-3H3. The summed E-state index contributed by atoms with van der Waals surface area (Å²) in [6, 6.07) is 13.5. The number of nitrogens with zero attached hydrogens (tertiary/aromatic N) is 7. The van der Waals surface area contributed by atoms with Crippen LogP contribution in [0.4, 0.5) is 5.69 Å². The van der Waals surface area contributed by atoms with Crippen LogP contribution >= 0.6 is 0 Å². The fourth-order valence-corrected chi connectivity index (χ4v) is 3.71. The summed E-state index contributed by atoms with van der Waals surface area (Å²) in [6.07, 6.45) is 8.09. The minimum atomic E-state index is 0.515. The number of H-pyrrole nitrogens is 1. The summed E-state index contributed by atoms with van der Waals surface area (Å²) in [5.74, 6) is 0.531. The molecule has 8 heteroatoms. The summed E-state index contributed by atoms with van der Waals surface area (Å²) in [5, 5.41) is 17.5. The summed E-state index contributed by atoms with van der Waals surface area (Å²) < 4.78 is 0. The van der Waals surface area contributed by atoms with Crippen molar-refractivity contribution in [3.8, 4) is 22.5 Å². The number of aryl methyl sites for hydroxylation is 1. The van der Waals surface area contributed by atoms with Gasteiger partial charge in [-0.3, -0.25) is 0 Å². The Bertz CT molecular complexity index is 990. The van der Waals surface area contributed by atoms with Crippen molar-refractivity contribution in [1.82, 2.24) is 25.5 Å². The third-order valence-electron chi connectivity index (χ3n) is 5.68. The van der Waals surface area contributed by atoms with Crippen molar-refractivity contribution in [2.45, 2.75) is 66.2 Å². The first-order valence-electron chi connectivity index (χ1n) is 12.4. The number of azide groups is 1. The van der Waals surface area contributed by atoms with Crippen molar-refractivity contribution in [3.05, 3.63) is 58.5 Å². The highest BCUT2D eigenvalue weighted by Crippen LogP contribution is 2.34. The Morgan fingerprint density at radius 2 is 1.53 bits per heavy atom. The lowest BCUT2D eigenvalue weighted by molar-refractivity contribution is 0.261. The molecule has 1 aromatic heterocycles. The number of benzene rings is 2. The van der Waals surface area contributed by atoms with E-state index in [9.17, 15) is 0 Å². The maximum absolute atomic E-state index is 8.58. The minimum Gasteiger partial charge on any atom is -0.303 e. The quantitative estimate of drug-likeness (QED) is 0.171. The van der Waals surface area contributed by atoms with E-state index in [1.807, 2.05) is 37.3 Å². The molecule has 0 aliphatic carbocycles. The number of nitrogens with one attached hydrogen (secondary N) is 1. The van der Waals surface area contributed by atoms with Crippen molar-refractivity contribution in [3.63, 3.8) is 0 Å². The predicted molar refractivity (Wildman–Crippen MR) is 140 cm³/mol. The number of tetrazole rings is 1. The molecular formula is C26H38N8. The molecule has 2 aromatic carbocycles. The number of rotatable bonds is 12. The van der Waals surface area contributed by atoms with Crippen LogP contribution in [0.2, 0.25) is 0 Å². The summed E-state index contributed by atoms with van der Waals surface area (Å²) in [5.41, 5.74) is 13.1. The lowest BCUT2D eigenvalue weighted by Gasteiger charge is -2.21. The van der Waals surface area contributed by atoms with Crippen molar-refractivity contribution >= 4 is 5.69 Å². The van der Waals surface area contributed by atoms with Gasteiger partial charge in [0.25, 0.3) is 0 Å². The molecule has 0 radical (unpaired) electrons. The van der Waals surface area contributed by atoms with Crippen molar-refractivity contribution in [2.75, 3.05) is 19.6 Å². The van der Waals surface area contributed by atoms with Gasteiger partial charge in [0.15, 0.2) is 5.82 Å². The van der Waals surface area contributed by atoms with Gasteiger partial charge in [-0.1, -0.05) is 81.5 Å². The first-order valence-corrected chi connectivity index (χ1v) is 12.4. The fraction of sp³-hybridized carbons (Fsp3) is 0.500. The van der Waals surface area contributed by atoms with Crippen molar-refractivity contribution in [1.29, 1.82) is 0 Å². The smallest absolute Gasteiger partial charge is 0.180 e. The van der Waals surface area contributed by atoms with Gasteiger partial charge in [-0.15, -0.1) is 5.10 Å². The Balaban J connectivity index is 0.000000273. The Labute approximate surface area is 203 Å². The molecule has 1 heterocycles. The molecule has 0 atom stereocenters. The number of hydrogen-bond acceptors (Lipinski definition) is 5. The van der Waals surface area contributed by atoms with Crippen LogP contribution in [0.25, 0.3) is 33.0 Å². The SMILES string of the molecule is CCCCN(CCCC)CCCC.Cc1ccccc1-c1ccc(N=[N+]=[N-])cc1-c1nnn[nH]1. The second-order valence-corrected chi connectivity index (χ2v) is 8.39. The van der Waals surface area contributed by atoms with Gasteiger partial charge in [-0.2, -0.15) is 0 Å². The topological polar surface area (TPSA) is 106 Å². The van der Waals surface area contributed by atoms with Crippen LogP contribution in [0.1, 0.15) is 64.9 Å². The first kappa shape index (κ1) is 27.0. The average Bonchev–Trinajstić information content (AvgIpc) is 3.40. The Kier molecular flexibility index (Phi) is 12.4. The molecular weight excluding hydrogens is 424 g/mol. The second-order valence-electron chi connectivity index (χ2n) is 8.39. The van der Waals surface area contributed by atoms with Gasteiger partial charge >= 0.3 is 0 Å². The number of aromatic nitrogens is 4. The van der Waals surface area contributed by atoms with E-state index in [1.54, 1.807) is 12.1 Å². The highest BCUT2D eigenvalue weighted by molar-refractivity contribution is 5.83. The van der Waals surface area contributed by atoms with Gasteiger partial charge in [-0.05, 0) is 84.5 Å². The minimum absolute atomic E-state index is 0.515. The van der Waals surface area contributed by atoms with Crippen molar-refractivity contribution < 1.29 is 0 Å². The number of hydrogen-bond donors (Lipinski definition) is 1. The maximum atomic E-state index is 8.58. The Morgan fingerprint density at radius 3 is 2.06 bits per heavy atom. The van der Waals surface area contributed by atoms with E-state index < -0.39 is 0 Å². The average molecular weight is 463 g/mol. The zero-order valence-electron chi connectivity index (χ0n) is 21.0. The van der Waals surface area contributed by atoms with Crippen LogP contribution in [0, 0.1) is 6.92 Å². The first-order chi connectivity index (χ1) is 16.6. The van der Waals surface area contributed by atoms with E-state index in [4.69, 9.17) is 5.53 Å². The second kappa shape index (κ2) is 15.6. The third-order valence-corrected chi connectivity index (χ3v) is 5.68. The molecule has 3 rings (SSSR count). The molecule has 0 fully saturated rings. The number of unbranched alkanes of at least 4 members (excludes halogenated alkanes) is 3. The van der Waals surface area contributed by atoms with E-state index >= 15 is 0 Å². The molecule has 0 aliphatic rings. The molecule has 1 N–H and O–H groups in total. The van der Waals surface area contributed by atoms with Gasteiger partial charge in [0.2, 0.25) is 0 Å². The van der Waals surface area contributed by atoms with Gasteiger partial charge < -0.3 is 4.90 Å². The molecule has 0 amide bonds. The van der Waals surface area contributed by atoms with Crippen LogP contribution in [0.3, 0.4) is 0 Å². The van der Waals surface area contributed by atoms with E-state index in [0.29, 0.717) is 11.5 Å². The number of aromatic amines is 1. The molecule has 0 saturated carbocycles. The van der Waals surface area contributed by atoms with Gasteiger partial charge in [0.05, 0.1) is 0 Å². The Morgan fingerprint density at radius 1 is 0.882 bits per heavy atom. The fourth-order valence-electron chi connectivity index (χ4n) is 3.71. The molecule has 34 heavy (non-hydrogen) atoms. The summed E-state index contributed by atoms with van der Waals surface area (Å²) in [7, 11) is 0. The molecule has 3 aromatic rings. The molecule has 8 nitrogen and oxygen atoms in total. The molecule has 0 spiro atoms. The molecule has 0 aliphatic heterocycles. The molecule has 182 valence electrons. The van der Waals surface area contributed by atoms with Gasteiger partial charge in [-0.25, -0.2) is 5.10 Å². The summed E-state index contributed by atoms with van der Waals surface area (Å²) >= 11 is 0. The third kappa shape index (κ3) is 8.61. The highest BCUT2D eigenvalue weighted by Gasteiger charge is 2.12. The Hall–Kier alpha value is -3.22. The van der Waals surface area contributed by atoms with Crippen LogP contribution < -0.4 is 0 Å². The van der Waals surface area contributed by atoms with Crippen LogP contribution in [0.15, 0.2) is 47.6 Å². The predicted octanol–water partition coefficient (Wildman–Crippen LogP) is 7.47. The molecule has 0 unspecified atom stereocenters. The monoisotopic (exact) mass is 462 g/mol.